The lowest BCUT2D eigenvalue weighted by molar-refractivity contribution is -1.09. The van der Waals surface area contributed by atoms with E-state index in [-0.39, 0.29) is 77.8 Å². The second kappa shape index (κ2) is 80.0. The summed E-state index contributed by atoms with van der Waals surface area (Å²) >= 11 is 0. The minimum absolute atomic E-state index is 0.0614. The minimum Gasteiger partial charge on any atom is -0.444 e. The van der Waals surface area contributed by atoms with Crippen LogP contribution in [0, 0.1) is 11.8 Å². The van der Waals surface area contributed by atoms with Crippen molar-refractivity contribution < 1.29 is 104 Å². The molecule has 8 unspecified atom stereocenters. The monoisotopic (exact) mass is 2040 g/mol. The number of nitrogens with zero attached hydrogens (tertiary/aromatic N) is 11. The summed E-state index contributed by atoms with van der Waals surface area (Å²) in [5, 5.41) is 35.0. The number of hydrogen-bond donors (Lipinski definition) is 5. The fourth-order valence-corrected chi connectivity index (χ4v) is 17.0. The first-order valence-corrected chi connectivity index (χ1v) is 56.3. The highest BCUT2D eigenvalue weighted by molar-refractivity contribution is 7.91. The topological polar surface area (TPSA) is 298 Å². The van der Waals surface area contributed by atoms with Gasteiger partial charge in [0.2, 0.25) is 0 Å². The smallest absolute Gasteiger partial charge is 0.410 e. The van der Waals surface area contributed by atoms with Crippen molar-refractivity contribution >= 4 is 15.9 Å². The van der Waals surface area contributed by atoms with Gasteiger partial charge in [-0.1, -0.05) is 6.92 Å². The van der Waals surface area contributed by atoms with Crippen molar-refractivity contribution in [2.45, 2.75) is 347 Å². The van der Waals surface area contributed by atoms with Gasteiger partial charge >= 0.3 is 6.09 Å². The van der Waals surface area contributed by atoms with Crippen LogP contribution in [-0.4, -0.2) is 521 Å². The first kappa shape index (κ1) is 136. The van der Waals surface area contributed by atoms with Crippen LogP contribution in [0.3, 0.4) is 0 Å². The zero-order valence-electron chi connectivity index (χ0n) is 95.0. The summed E-state index contributed by atoms with van der Waals surface area (Å²) in [5.74, 6) is 2.30. The number of alkyl halides is 1. The Morgan fingerprint density at radius 3 is 1.24 bits per heavy atom. The van der Waals surface area contributed by atoms with E-state index in [0.29, 0.717) is 127 Å². The molecule has 11 aliphatic heterocycles. The molecule has 1 amide bonds. The Morgan fingerprint density at radius 2 is 0.829 bits per heavy atom. The zero-order chi connectivity index (χ0) is 105. The van der Waals surface area contributed by atoms with Gasteiger partial charge in [-0.15, -0.1) is 0 Å². The molecule has 0 radical (unpaired) electrons. The molecule has 11 fully saturated rings. The van der Waals surface area contributed by atoms with E-state index < -0.39 is 21.6 Å². The molecule has 8 atom stereocenters. The third-order valence-electron chi connectivity index (χ3n) is 24.7. The number of hydroxylamine groups is 3. The van der Waals surface area contributed by atoms with Crippen molar-refractivity contribution in [1.29, 1.82) is 0 Å². The van der Waals surface area contributed by atoms with Crippen LogP contribution in [0.2, 0.25) is 0 Å². The second-order valence-electron chi connectivity index (χ2n) is 43.8. The summed E-state index contributed by atoms with van der Waals surface area (Å²) in [4.78, 5) is 34.6. The molecule has 11 aliphatic rings. The summed E-state index contributed by atoms with van der Waals surface area (Å²) in [7, 11) is 5.55. The van der Waals surface area contributed by atoms with Crippen molar-refractivity contribution in [3.8, 4) is 0 Å². The van der Waals surface area contributed by atoms with Gasteiger partial charge in [-0.05, 0) is 310 Å². The molecular formula is C105H221FN13O20S+. The van der Waals surface area contributed by atoms with Crippen LogP contribution in [0.15, 0.2) is 0 Å². The number of sulfone groups is 1. The van der Waals surface area contributed by atoms with E-state index >= 15 is 0 Å². The third-order valence-corrected chi connectivity index (χ3v) is 26.3. The quantitative estimate of drug-likeness (QED) is 0.0357. The van der Waals surface area contributed by atoms with E-state index in [9.17, 15) is 33.0 Å². The second-order valence-corrected chi connectivity index (χ2v) is 46.1. The Labute approximate surface area is 855 Å². The van der Waals surface area contributed by atoms with E-state index in [1.165, 1.54) is 97.6 Å². The molecule has 0 aromatic heterocycles. The molecule has 0 spiro atoms. The van der Waals surface area contributed by atoms with Crippen molar-refractivity contribution in [3.05, 3.63) is 0 Å². The molecule has 35 heteroatoms. The van der Waals surface area contributed by atoms with Crippen LogP contribution >= 0.6 is 0 Å². The number of amides is 1. The Morgan fingerprint density at radius 1 is 0.421 bits per heavy atom. The summed E-state index contributed by atoms with van der Waals surface area (Å²) in [6, 6.07) is 0.352. The fraction of sp³-hybridized carbons (Fsp3) is 0.990. The lowest BCUT2D eigenvalue weighted by Crippen LogP contribution is -2.55. The molecule has 838 valence electrons. The Hall–Kier alpha value is -1.97. The van der Waals surface area contributed by atoms with Gasteiger partial charge in [-0.2, -0.15) is 4.65 Å². The lowest BCUT2D eigenvalue weighted by Gasteiger charge is -2.35. The summed E-state index contributed by atoms with van der Waals surface area (Å²) in [6.07, 6.45) is 11.3. The molecule has 0 aromatic rings. The van der Waals surface area contributed by atoms with Crippen molar-refractivity contribution in [2.75, 3.05) is 322 Å². The van der Waals surface area contributed by atoms with E-state index in [1.807, 2.05) is 118 Å². The van der Waals surface area contributed by atoms with Crippen LogP contribution in [0.4, 0.5) is 9.18 Å². The minimum atomic E-state index is -2.74. The number of piperazine rings is 1. The Bertz CT molecular complexity index is 2920. The normalized spacial score (nSPS) is 24.3. The first-order chi connectivity index (χ1) is 65.9. The number of hydrogen-bond acceptors (Lipinski definition) is 31. The maximum atomic E-state index is 12.7. The van der Waals surface area contributed by atoms with Gasteiger partial charge in [0.25, 0.3) is 0 Å². The van der Waals surface area contributed by atoms with Crippen LogP contribution in [0.5, 0.6) is 0 Å². The maximum Gasteiger partial charge on any atom is 0.410 e. The number of nitrogens with one attached hydrogen (secondary N) is 2. The van der Waals surface area contributed by atoms with E-state index in [0.717, 1.165) is 169 Å². The number of rotatable bonds is 39. The number of aliphatic hydroxyl groups is 2. The number of aliphatic hydroxyl groups excluding tert-OH is 2. The number of carbonyl (C=O) groups is 1. The first-order valence-electron chi connectivity index (χ1n) is 54.5. The average Bonchev–Trinajstić information content (AvgIpc) is 1.38. The van der Waals surface area contributed by atoms with Crippen molar-refractivity contribution in [1.82, 2.24) is 59.6 Å². The largest absolute Gasteiger partial charge is 0.444 e. The van der Waals surface area contributed by atoms with Gasteiger partial charge in [0.1, 0.15) is 24.9 Å². The molecule has 11 heterocycles. The number of quaternary nitrogens is 1. The highest BCUT2D eigenvalue weighted by Crippen LogP contribution is 2.21. The molecule has 0 saturated carbocycles. The van der Waals surface area contributed by atoms with Crippen LogP contribution in [-0.2, 0) is 76.2 Å². The van der Waals surface area contributed by atoms with Crippen LogP contribution < -0.4 is 10.6 Å². The predicted molar refractivity (Wildman–Crippen MR) is 567 cm³/mol. The van der Waals surface area contributed by atoms with Crippen LogP contribution in [0.1, 0.15) is 231 Å². The van der Waals surface area contributed by atoms with Crippen LogP contribution in [0.25, 0.3) is 0 Å². The molecule has 11 saturated heterocycles. The number of ether oxygens (including phenoxy) is 14. The number of likely N-dealkylation sites (N-methyl/N-ethyl adjacent to an activating group) is 3. The summed E-state index contributed by atoms with van der Waals surface area (Å²) in [5.41, 5.74) is -0.459. The lowest BCUT2D eigenvalue weighted by atomic mass is 9.98. The van der Waals surface area contributed by atoms with E-state index in [2.05, 4.69) is 145 Å². The van der Waals surface area contributed by atoms with Crippen molar-refractivity contribution in [2.24, 2.45) is 11.8 Å². The molecule has 140 heavy (non-hydrogen) atoms. The third kappa shape index (κ3) is 78.3. The van der Waals surface area contributed by atoms with Crippen molar-refractivity contribution in [3.63, 3.8) is 0 Å². The van der Waals surface area contributed by atoms with E-state index in [1.54, 1.807) is 4.90 Å². The number of morpholine rings is 2. The number of likely N-dealkylation sites (tertiary alicyclic amines) is 5. The highest BCUT2D eigenvalue weighted by Gasteiger charge is 2.33. The van der Waals surface area contributed by atoms with E-state index in [4.69, 9.17) is 66.3 Å². The highest BCUT2D eigenvalue weighted by atomic mass is 32.2. The Balaban J connectivity index is 0.000000772. The summed E-state index contributed by atoms with van der Waals surface area (Å²) < 4.78 is 112. The molecule has 0 aromatic carbocycles. The molecule has 0 bridgehead atoms. The maximum absolute atomic E-state index is 12.7. The average molecular weight is 2040 g/mol. The summed E-state index contributed by atoms with van der Waals surface area (Å²) in [6.45, 7) is 92.3. The number of halogens is 1. The van der Waals surface area contributed by atoms with Gasteiger partial charge in [0.15, 0.2) is 9.84 Å². The number of piperidine rings is 1. The van der Waals surface area contributed by atoms with Gasteiger partial charge in [0, 0.05) is 118 Å². The van der Waals surface area contributed by atoms with Gasteiger partial charge in [-0.25, -0.2) is 22.8 Å². The molecular weight excluding hydrogens is 1810 g/mol. The Kier molecular flexibility index (Phi) is 77.7. The molecule has 0 aliphatic carbocycles. The number of carbonyl (C=O) groups excluding carboxylic acids is 1. The fourth-order valence-electron chi connectivity index (χ4n) is 15.7. The van der Waals surface area contributed by atoms with Gasteiger partial charge in [-0.3, -0.25) is 24.5 Å². The molecule has 11 rings (SSSR count). The van der Waals surface area contributed by atoms with Gasteiger partial charge in [0.05, 0.1) is 221 Å². The SMILES string of the molecule is CC(C)OCC1C(O)CCN1C.CC(C)OCC1CCN(C)CC1.CC(C)OCC1CN(C(=O)OC(C)(C)C)CCO1.CC(C)OCC1CNCCO1.CC(C)OCC1NCCC1O.CC(C)OCCN1CCC(F)C1.CC(C)OCCN1CCC1.CC(C)OCCN1CCCN(C)CC1.CC(C)OCCN1CCS(=O)(=O)CC1.CC(C)OCCN1CC[N+](C)(O)CC1.CC1CCN(CCOC(C)C)C1. The zero-order valence-corrected chi connectivity index (χ0v) is 95.8. The standard InChI is InChI=1S/C13H25NO4.C11H24N2O.C10H23N2O2.2C10H21NO.C9H18FNO.C9H19NO3S.C9H19NO2.2C8H17NO2.C8H17NO/c1-10(2)17-9-11-8-14(6-7-16-11)12(15)18-13(3,4)5;1-11(2)14-10-9-13-6-4-5-12(3)7-8-13;1-10(2)14-9-6-11-4-7-12(3,13)8-5-11;1-9(2)12-8-10-4-6-11(3)7-5-10;1-9(2)12-7-6-11-5-4-10(3)8-11;1-8(2)12-6-5-11-4-3-9(10)7-11;1-9(2)13-6-3-10-4-7-14(11,12)8-5-10;1-7(2)12-6-8-9(11)4-5-10(8)3;1-7(2)11-6-8-5-9-3-4-10-8;1-6(2)11-5-7-8(10)3-4-9-7;1-8(2)10-7-6-9-4-3-5-9/h10-11H,6-9H2,1-5H3;11H,4-10H2,1-3H3;10,13H,4-9H2,1-3H3;2*9-10H,4-8H2,1-3H3;8-9H,3-7H2,1-2H3;9H,3-8H2,1-2H3;7-9,11H,4-6H2,1-3H3;7-9H,3-6H2,1-2H3;6-10H,3-5H2,1-2H3;8H,3-7H2,1-2H3/q;;+1;;;;;;;;. The van der Waals surface area contributed by atoms with Gasteiger partial charge < -0.3 is 112 Å². The molecule has 33 nitrogen and oxygen atoms in total. The predicted octanol–water partition coefficient (Wildman–Crippen LogP) is 10.9. The molecule has 5 N–H and O–H groups in total.